The number of furan rings is 1. The Morgan fingerprint density at radius 2 is 1.84 bits per heavy atom. The highest BCUT2D eigenvalue weighted by molar-refractivity contribution is 6.37. The van der Waals surface area contributed by atoms with Gasteiger partial charge in [-0.05, 0) is 54.6 Å². The Bertz CT molecular complexity index is 898. The molecule has 3 rings (SSSR count). The van der Waals surface area contributed by atoms with Gasteiger partial charge in [-0.15, -0.1) is 0 Å². The predicted molar refractivity (Wildman–Crippen MR) is 99.3 cm³/mol. The van der Waals surface area contributed by atoms with Gasteiger partial charge in [-0.1, -0.05) is 41.4 Å². The van der Waals surface area contributed by atoms with Crippen LogP contribution < -0.4 is 4.74 Å². The lowest BCUT2D eigenvalue weighted by molar-refractivity contribution is 0.104. The topological polar surface area (TPSA) is 39.4 Å². The highest BCUT2D eigenvalue weighted by Crippen LogP contribution is 2.22. The maximum atomic E-state index is 12.2. The molecule has 126 valence electrons. The van der Waals surface area contributed by atoms with Crippen LogP contribution in [0.4, 0.5) is 0 Å². The molecule has 0 amide bonds. The minimum absolute atomic E-state index is 0.222. The van der Waals surface area contributed by atoms with E-state index >= 15 is 0 Å². The lowest BCUT2D eigenvalue weighted by Crippen LogP contribution is -1.95. The van der Waals surface area contributed by atoms with Crippen molar-refractivity contribution in [2.45, 2.75) is 6.61 Å². The number of allylic oxidation sites excluding steroid dienone is 1. The third-order valence-electron chi connectivity index (χ3n) is 3.40. The number of ether oxygens (including phenoxy) is 1. The van der Waals surface area contributed by atoms with Crippen LogP contribution in [-0.4, -0.2) is 5.78 Å². The van der Waals surface area contributed by atoms with Crippen molar-refractivity contribution in [3.05, 3.63) is 93.9 Å². The van der Waals surface area contributed by atoms with Gasteiger partial charge in [-0.2, -0.15) is 0 Å². The molecule has 0 saturated carbocycles. The fourth-order valence-corrected chi connectivity index (χ4v) is 2.67. The number of carbonyl (C=O) groups excluding carboxylic acids is 1. The van der Waals surface area contributed by atoms with E-state index < -0.39 is 0 Å². The molecule has 0 aliphatic rings. The standard InChI is InChI=1S/C20H14Cl2O3/c21-14-6-10-18(19(22)12-14)20(23)11-9-16-7-8-17(25-16)13-24-15-4-2-1-3-5-15/h1-12H,13H2/b11-9+. The summed E-state index contributed by atoms with van der Waals surface area (Å²) in [5.41, 5.74) is 0.390. The van der Waals surface area contributed by atoms with Crippen molar-refractivity contribution in [1.82, 2.24) is 0 Å². The second kappa shape index (κ2) is 8.06. The van der Waals surface area contributed by atoms with Crippen LogP contribution >= 0.6 is 23.2 Å². The maximum Gasteiger partial charge on any atom is 0.187 e. The average Bonchev–Trinajstić information content (AvgIpc) is 3.07. The van der Waals surface area contributed by atoms with Crippen LogP contribution in [0.15, 0.2) is 71.2 Å². The first-order valence-electron chi connectivity index (χ1n) is 7.56. The molecular formula is C20H14Cl2O3. The summed E-state index contributed by atoms with van der Waals surface area (Å²) in [6.07, 6.45) is 3.01. The lowest BCUT2D eigenvalue weighted by Gasteiger charge is -2.02. The first kappa shape index (κ1) is 17.3. The quantitative estimate of drug-likeness (QED) is 0.389. The number of carbonyl (C=O) groups is 1. The molecule has 0 unspecified atom stereocenters. The van der Waals surface area contributed by atoms with Crippen molar-refractivity contribution in [3.63, 3.8) is 0 Å². The SMILES string of the molecule is O=C(/C=C/c1ccc(COc2ccccc2)o1)c1ccc(Cl)cc1Cl. The Morgan fingerprint density at radius 1 is 1.04 bits per heavy atom. The molecule has 3 aromatic rings. The first-order chi connectivity index (χ1) is 12.1. The number of para-hydroxylation sites is 1. The highest BCUT2D eigenvalue weighted by Gasteiger charge is 2.08. The van der Waals surface area contributed by atoms with Crippen molar-refractivity contribution in [2.24, 2.45) is 0 Å². The van der Waals surface area contributed by atoms with Gasteiger partial charge in [-0.25, -0.2) is 0 Å². The molecule has 0 bridgehead atoms. The molecule has 0 saturated heterocycles. The molecular weight excluding hydrogens is 359 g/mol. The normalized spacial score (nSPS) is 11.0. The molecule has 0 radical (unpaired) electrons. The van der Waals surface area contributed by atoms with Gasteiger partial charge in [0.1, 0.15) is 23.9 Å². The Labute approximate surface area is 155 Å². The van der Waals surface area contributed by atoms with E-state index in [0.717, 1.165) is 5.75 Å². The van der Waals surface area contributed by atoms with E-state index in [-0.39, 0.29) is 5.78 Å². The van der Waals surface area contributed by atoms with Crippen molar-refractivity contribution in [1.29, 1.82) is 0 Å². The van der Waals surface area contributed by atoms with E-state index in [1.54, 1.807) is 24.3 Å². The van der Waals surface area contributed by atoms with Gasteiger partial charge in [-0.3, -0.25) is 4.79 Å². The highest BCUT2D eigenvalue weighted by atomic mass is 35.5. The second-order valence-corrected chi connectivity index (χ2v) is 6.07. The fourth-order valence-electron chi connectivity index (χ4n) is 2.17. The molecule has 25 heavy (non-hydrogen) atoms. The van der Waals surface area contributed by atoms with Crippen LogP contribution in [0, 0.1) is 0 Å². The Hall–Kier alpha value is -2.49. The number of hydrogen-bond donors (Lipinski definition) is 0. The predicted octanol–water partition coefficient (Wildman–Crippen LogP) is 6.06. The zero-order chi connectivity index (χ0) is 17.6. The zero-order valence-corrected chi connectivity index (χ0v) is 14.6. The number of halogens is 2. The van der Waals surface area contributed by atoms with Crippen molar-refractivity contribution in [2.75, 3.05) is 0 Å². The minimum Gasteiger partial charge on any atom is -0.486 e. The third-order valence-corrected chi connectivity index (χ3v) is 3.95. The molecule has 5 heteroatoms. The van der Waals surface area contributed by atoms with Crippen LogP contribution in [0.5, 0.6) is 5.75 Å². The Kier molecular flexibility index (Phi) is 5.59. The Morgan fingerprint density at radius 3 is 2.60 bits per heavy atom. The minimum atomic E-state index is -0.222. The largest absolute Gasteiger partial charge is 0.486 e. The van der Waals surface area contributed by atoms with E-state index in [4.69, 9.17) is 32.4 Å². The van der Waals surface area contributed by atoms with Crippen molar-refractivity contribution in [3.8, 4) is 5.75 Å². The molecule has 2 aromatic carbocycles. The van der Waals surface area contributed by atoms with E-state index in [0.29, 0.717) is 33.7 Å². The number of ketones is 1. The average molecular weight is 373 g/mol. The molecule has 0 N–H and O–H groups in total. The summed E-state index contributed by atoms with van der Waals surface area (Å²) in [6, 6.07) is 17.8. The van der Waals surface area contributed by atoms with Crippen LogP contribution in [0.25, 0.3) is 6.08 Å². The van der Waals surface area contributed by atoms with E-state index in [1.807, 2.05) is 36.4 Å². The molecule has 0 spiro atoms. The van der Waals surface area contributed by atoms with Crippen molar-refractivity contribution < 1.29 is 13.9 Å². The second-order valence-electron chi connectivity index (χ2n) is 5.23. The van der Waals surface area contributed by atoms with Gasteiger partial charge < -0.3 is 9.15 Å². The van der Waals surface area contributed by atoms with Gasteiger partial charge in [0.05, 0.1) is 5.02 Å². The first-order valence-corrected chi connectivity index (χ1v) is 8.31. The fraction of sp³-hybridized carbons (Fsp3) is 0.0500. The van der Waals surface area contributed by atoms with Crippen LogP contribution in [0.3, 0.4) is 0 Å². The van der Waals surface area contributed by atoms with Gasteiger partial charge in [0.15, 0.2) is 5.78 Å². The van der Waals surface area contributed by atoms with E-state index in [2.05, 4.69) is 0 Å². The maximum absolute atomic E-state index is 12.2. The van der Waals surface area contributed by atoms with Gasteiger partial charge in [0.25, 0.3) is 0 Å². The summed E-state index contributed by atoms with van der Waals surface area (Å²) in [6.45, 7) is 0.314. The smallest absolute Gasteiger partial charge is 0.187 e. The van der Waals surface area contributed by atoms with Crippen molar-refractivity contribution >= 4 is 35.1 Å². The summed E-state index contributed by atoms with van der Waals surface area (Å²) >= 11 is 11.9. The Balaban J connectivity index is 1.62. The van der Waals surface area contributed by atoms with E-state index in [9.17, 15) is 4.79 Å². The summed E-state index contributed by atoms with van der Waals surface area (Å²) in [5, 5.41) is 0.804. The van der Waals surface area contributed by atoms with Crippen LogP contribution in [-0.2, 0) is 6.61 Å². The molecule has 0 aliphatic heterocycles. The summed E-state index contributed by atoms with van der Waals surface area (Å²) in [5.74, 6) is 1.77. The summed E-state index contributed by atoms with van der Waals surface area (Å²) < 4.78 is 11.2. The third kappa shape index (κ3) is 4.75. The van der Waals surface area contributed by atoms with Gasteiger partial charge >= 0.3 is 0 Å². The number of benzene rings is 2. The molecule has 1 aromatic heterocycles. The molecule has 0 atom stereocenters. The van der Waals surface area contributed by atoms with Gasteiger partial charge in [0.2, 0.25) is 0 Å². The molecule has 1 heterocycles. The van der Waals surface area contributed by atoms with E-state index in [1.165, 1.54) is 12.1 Å². The lowest BCUT2D eigenvalue weighted by atomic mass is 10.1. The van der Waals surface area contributed by atoms with Crippen LogP contribution in [0.1, 0.15) is 21.9 Å². The molecule has 0 fully saturated rings. The monoisotopic (exact) mass is 372 g/mol. The summed E-state index contributed by atoms with van der Waals surface area (Å²) in [4.78, 5) is 12.2. The molecule has 0 aliphatic carbocycles. The number of rotatable bonds is 6. The zero-order valence-electron chi connectivity index (χ0n) is 13.1. The van der Waals surface area contributed by atoms with Crippen LogP contribution in [0.2, 0.25) is 10.0 Å². The molecule has 3 nitrogen and oxygen atoms in total. The number of hydrogen-bond acceptors (Lipinski definition) is 3. The van der Waals surface area contributed by atoms with Gasteiger partial charge in [0, 0.05) is 10.6 Å². The summed E-state index contributed by atoms with van der Waals surface area (Å²) in [7, 11) is 0.